The SMILES string of the molecule is CN(Cc1ccccc1)C1CCc2c(c(C(=O)N3CCSCC3)nn2C)C1. The van der Waals surface area contributed by atoms with E-state index in [0.717, 1.165) is 50.4 Å². The Morgan fingerprint density at radius 1 is 1.26 bits per heavy atom. The zero-order valence-electron chi connectivity index (χ0n) is 16.2. The number of carbonyl (C=O) groups is 1. The van der Waals surface area contributed by atoms with Crippen LogP contribution in [0.1, 0.15) is 33.7 Å². The van der Waals surface area contributed by atoms with Crippen molar-refractivity contribution in [2.75, 3.05) is 31.6 Å². The van der Waals surface area contributed by atoms with Crippen LogP contribution in [0.2, 0.25) is 0 Å². The van der Waals surface area contributed by atoms with Gasteiger partial charge < -0.3 is 4.90 Å². The molecular weight excluding hydrogens is 356 g/mol. The quantitative estimate of drug-likeness (QED) is 0.813. The smallest absolute Gasteiger partial charge is 0.274 e. The van der Waals surface area contributed by atoms with Gasteiger partial charge in [-0.2, -0.15) is 16.9 Å². The van der Waals surface area contributed by atoms with Gasteiger partial charge >= 0.3 is 0 Å². The topological polar surface area (TPSA) is 41.4 Å². The van der Waals surface area contributed by atoms with Crippen LogP contribution in [-0.2, 0) is 26.4 Å². The molecule has 1 aromatic heterocycles. The van der Waals surface area contributed by atoms with Gasteiger partial charge in [0, 0.05) is 55.5 Å². The molecule has 0 saturated carbocycles. The molecule has 2 heterocycles. The van der Waals surface area contributed by atoms with Crippen LogP contribution >= 0.6 is 11.8 Å². The second kappa shape index (κ2) is 8.07. The van der Waals surface area contributed by atoms with Gasteiger partial charge in [-0.15, -0.1) is 0 Å². The van der Waals surface area contributed by atoms with Crippen molar-refractivity contribution in [3.63, 3.8) is 0 Å². The third kappa shape index (κ3) is 3.92. The molecule has 27 heavy (non-hydrogen) atoms. The van der Waals surface area contributed by atoms with Crippen molar-refractivity contribution in [2.45, 2.75) is 31.8 Å². The largest absolute Gasteiger partial charge is 0.336 e. The van der Waals surface area contributed by atoms with Crippen molar-refractivity contribution in [1.29, 1.82) is 0 Å². The predicted octanol–water partition coefficient (Wildman–Crippen LogP) is 2.60. The minimum Gasteiger partial charge on any atom is -0.336 e. The highest BCUT2D eigenvalue weighted by Gasteiger charge is 2.32. The lowest BCUT2D eigenvalue weighted by Gasteiger charge is -2.32. The Labute approximate surface area is 165 Å². The molecule has 1 unspecified atom stereocenters. The average molecular weight is 385 g/mol. The zero-order chi connectivity index (χ0) is 18.8. The highest BCUT2D eigenvalue weighted by Crippen LogP contribution is 2.28. The molecule has 5 nitrogen and oxygen atoms in total. The number of benzene rings is 1. The van der Waals surface area contributed by atoms with Gasteiger partial charge in [0.1, 0.15) is 0 Å². The lowest BCUT2D eigenvalue weighted by atomic mass is 9.90. The Bertz CT molecular complexity index is 798. The lowest BCUT2D eigenvalue weighted by Crippen LogP contribution is -2.40. The van der Waals surface area contributed by atoms with Gasteiger partial charge in [-0.05, 0) is 31.9 Å². The Morgan fingerprint density at radius 2 is 2.00 bits per heavy atom. The lowest BCUT2D eigenvalue weighted by molar-refractivity contribution is 0.0763. The summed E-state index contributed by atoms with van der Waals surface area (Å²) in [6.45, 7) is 2.62. The van der Waals surface area contributed by atoms with Crippen LogP contribution in [0.4, 0.5) is 0 Å². The van der Waals surface area contributed by atoms with Crippen molar-refractivity contribution in [3.8, 4) is 0 Å². The number of likely N-dealkylation sites (N-methyl/N-ethyl adjacent to an activating group) is 1. The van der Waals surface area contributed by atoms with E-state index in [2.05, 4.69) is 47.4 Å². The molecule has 1 fully saturated rings. The van der Waals surface area contributed by atoms with Gasteiger partial charge in [0.05, 0.1) is 0 Å². The summed E-state index contributed by atoms with van der Waals surface area (Å²) in [5, 5.41) is 4.65. The van der Waals surface area contributed by atoms with E-state index < -0.39 is 0 Å². The van der Waals surface area contributed by atoms with Gasteiger partial charge in [0.15, 0.2) is 5.69 Å². The van der Waals surface area contributed by atoms with Crippen LogP contribution in [0, 0.1) is 0 Å². The van der Waals surface area contributed by atoms with Crippen molar-refractivity contribution in [1.82, 2.24) is 19.6 Å². The first-order chi connectivity index (χ1) is 13.1. The maximum atomic E-state index is 13.1. The molecule has 0 bridgehead atoms. The van der Waals surface area contributed by atoms with E-state index in [1.54, 1.807) is 0 Å². The Balaban J connectivity index is 1.52. The number of rotatable bonds is 4. The number of amides is 1. The first-order valence-electron chi connectivity index (χ1n) is 9.79. The van der Waals surface area contributed by atoms with Gasteiger partial charge in [-0.1, -0.05) is 30.3 Å². The number of carbonyl (C=O) groups excluding carboxylic acids is 1. The molecule has 1 aliphatic heterocycles. The maximum absolute atomic E-state index is 13.1. The van der Waals surface area contributed by atoms with E-state index in [1.807, 2.05) is 28.4 Å². The van der Waals surface area contributed by atoms with Crippen molar-refractivity contribution >= 4 is 17.7 Å². The molecule has 0 spiro atoms. The van der Waals surface area contributed by atoms with Crippen LogP contribution in [0.25, 0.3) is 0 Å². The fourth-order valence-electron chi connectivity index (χ4n) is 4.24. The summed E-state index contributed by atoms with van der Waals surface area (Å²) in [7, 11) is 4.18. The maximum Gasteiger partial charge on any atom is 0.274 e. The highest BCUT2D eigenvalue weighted by molar-refractivity contribution is 7.99. The third-order valence-electron chi connectivity index (χ3n) is 5.83. The molecule has 2 aliphatic rings. The summed E-state index contributed by atoms with van der Waals surface area (Å²) >= 11 is 1.92. The van der Waals surface area contributed by atoms with Crippen LogP contribution in [0.3, 0.4) is 0 Å². The number of aryl methyl sites for hydroxylation is 1. The predicted molar refractivity (Wildman–Crippen MR) is 110 cm³/mol. The average Bonchev–Trinajstić information content (AvgIpc) is 3.05. The molecule has 144 valence electrons. The summed E-state index contributed by atoms with van der Waals surface area (Å²) in [5.41, 5.74) is 4.45. The van der Waals surface area contributed by atoms with Crippen molar-refractivity contribution < 1.29 is 4.79 Å². The van der Waals surface area contributed by atoms with Gasteiger partial charge in [0.25, 0.3) is 5.91 Å². The molecule has 0 radical (unpaired) electrons. The van der Waals surface area contributed by atoms with Gasteiger partial charge in [-0.25, -0.2) is 0 Å². The van der Waals surface area contributed by atoms with Crippen LogP contribution < -0.4 is 0 Å². The van der Waals surface area contributed by atoms with Crippen LogP contribution in [0.15, 0.2) is 30.3 Å². The van der Waals surface area contributed by atoms with E-state index in [-0.39, 0.29) is 5.91 Å². The van der Waals surface area contributed by atoms with Crippen LogP contribution in [0.5, 0.6) is 0 Å². The van der Waals surface area contributed by atoms with E-state index >= 15 is 0 Å². The molecule has 1 saturated heterocycles. The number of nitrogens with zero attached hydrogens (tertiary/aromatic N) is 4. The number of hydrogen-bond acceptors (Lipinski definition) is 4. The summed E-state index contributed by atoms with van der Waals surface area (Å²) in [5.74, 6) is 2.19. The van der Waals surface area contributed by atoms with E-state index in [0.29, 0.717) is 11.7 Å². The van der Waals surface area contributed by atoms with E-state index in [1.165, 1.54) is 16.8 Å². The molecular formula is C21H28N4OS. The molecule has 2 aromatic rings. The van der Waals surface area contributed by atoms with E-state index in [4.69, 9.17) is 0 Å². The number of thioether (sulfide) groups is 1. The third-order valence-corrected chi connectivity index (χ3v) is 6.77. The summed E-state index contributed by atoms with van der Waals surface area (Å²) in [6, 6.07) is 11.1. The minimum absolute atomic E-state index is 0.124. The van der Waals surface area contributed by atoms with Gasteiger partial charge in [-0.3, -0.25) is 14.4 Å². The fraction of sp³-hybridized carbons (Fsp3) is 0.524. The fourth-order valence-corrected chi connectivity index (χ4v) is 5.14. The Kier molecular flexibility index (Phi) is 5.55. The monoisotopic (exact) mass is 384 g/mol. The molecule has 1 atom stereocenters. The van der Waals surface area contributed by atoms with E-state index in [9.17, 15) is 4.79 Å². The second-order valence-electron chi connectivity index (χ2n) is 7.60. The standard InChI is InChI=1S/C21H28N4OS/c1-23(15-16-6-4-3-5-7-16)17-8-9-19-18(14-17)20(22-24(19)2)21(26)25-10-12-27-13-11-25/h3-7,17H,8-15H2,1-2H3. The first-order valence-corrected chi connectivity index (χ1v) is 10.9. The van der Waals surface area contributed by atoms with Crippen molar-refractivity contribution in [2.24, 2.45) is 7.05 Å². The summed E-state index contributed by atoms with van der Waals surface area (Å²) in [6.07, 6.45) is 3.02. The first kappa shape index (κ1) is 18.6. The second-order valence-corrected chi connectivity index (χ2v) is 8.82. The molecule has 1 amide bonds. The Morgan fingerprint density at radius 3 is 2.74 bits per heavy atom. The minimum atomic E-state index is 0.124. The molecule has 1 aliphatic carbocycles. The molecule has 1 aromatic carbocycles. The normalized spacial score (nSPS) is 20.0. The van der Waals surface area contributed by atoms with Gasteiger partial charge in [0.2, 0.25) is 0 Å². The molecule has 0 N–H and O–H groups in total. The molecule has 6 heteroatoms. The number of aromatic nitrogens is 2. The Hall–Kier alpha value is -1.79. The zero-order valence-corrected chi connectivity index (χ0v) is 17.0. The summed E-state index contributed by atoms with van der Waals surface area (Å²) in [4.78, 5) is 17.5. The van der Waals surface area contributed by atoms with Crippen molar-refractivity contribution in [3.05, 3.63) is 52.8 Å². The van der Waals surface area contributed by atoms with Crippen LogP contribution in [-0.4, -0.2) is 63.2 Å². The molecule has 4 rings (SSSR count). The number of hydrogen-bond donors (Lipinski definition) is 0. The highest BCUT2D eigenvalue weighted by atomic mass is 32.2. The summed E-state index contributed by atoms with van der Waals surface area (Å²) < 4.78 is 1.94. The number of fused-ring (bicyclic) bond motifs is 1.